The molecule has 16 heavy (non-hydrogen) atoms. The largest absolute Gasteiger partial charge is 0.370 e. The molecule has 2 aromatic heterocycles. The molecular formula is C11H17N5. The lowest BCUT2D eigenvalue weighted by molar-refractivity contribution is 0.613. The molecule has 2 aromatic rings. The van der Waals surface area contributed by atoms with Crippen molar-refractivity contribution in [2.45, 2.75) is 25.8 Å². The molecule has 0 amide bonds. The van der Waals surface area contributed by atoms with Gasteiger partial charge in [0.15, 0.2) is 5.65 Å². The number of nitrogens with zero attached hydrogens (tertiary/aromatic N) is 3. The summed E-state index contributed by atoms with van der Waals surface area (Å²) >= 11 is 0. The lowest BCUT2D eigenvalue weighted by Gasteiger charge is -2.09. The second kappa shape index (κ2) is 4.94. The van der Waals surface area contributed by atoms with Crippen LogP contribution >= 0.6 is 0 Å². The molecular weight excluding hydrogens is 202 g/mol. The van der Waals surface area contributed by atoms with Gasteiger partial charge in [0, 0.05) is 24.8 Å². The number of nitrogens with two attached hydrogens (primary N) is 1. The van der Waals surface area contributed by atoms with Crippen LogP contribution in [0.4, 0.5) is 5.82 Å². The molecule has 0 aromatic carbocycles. The molecule has 1 unspecified atom stereocenters. The summed E-state index contributed by atoms with van der Waals surface area (Å²) in [5.41, 5.74) is 6.69. The van der Waals surface area contributed by atoms with Crippen LogP contribution in [0, 0.1) is 0 Å². The molecule has 0 radical (unpaired) electrons. The van der Waals surface area contributed by atoms with Gasteiger partial charge < -0.3 is 11.1 Å². The first-order chi connectivity index (χ1) is 7.79. The third-order valence-corrected chi connectivity index (χ3v) is 2.60. The number of nitrogens with one attached hydrogen (secondary N) is 1. The van der Waals surface area contributed by atoms with Crippen molar-refractivity contribution in [2.24, 2.45) is 5.73 Å². The van der Waals surface area contributed by atoms with Crippen molar-refractivity contribution in [1.82, 2.24) is 14.6 Å². The summed E-state index contributed by atoms with van der Waals surface area (Å²) in [4.78, 5) is 4.41. The smallest absolute Gasteiger partial charge is 0.157 e. The van der Waals surface area contributed by atoms with Crippen LogP contribution in [0.3, 0.4) is 0 Å². The van der Waals surface area contributed by atoms with Crippen LogP contribution in [0.5, 0.6) is 0 Å². The Morgan fingerprint density at radius 1 is 1.50 bits per heavy atom. The number of hydrogen-bond acceptors (Lipinski definition) is 4. The molecule has 1 atom stereocenters. The summed E-state index contributed by atoms with van der Waals surface area (Å²) in [7, 11) is 0. The fourth-order valence-electron chi connectivity index (χ4n) is 1.50. The van der Waals surface area contributed by atoms with Gasteiger partial charge in [-0.3, -0.25) is 0 Å². The fraction of sp³-hybridized carbons (Fsp3) is 0.455. The van der Waals surface area contributed by atoms with E-state index in [1.54, 1.807) is 10.7 Å². The maximum absolute atomic E-state index is 5.84. The maximum Gasteiger partial charge on any atom is 0.157 e. The highest BCUT2D eigenvalue weighted by Gasteiger charge is 2.00. The molecule has 5 nitrogen and oxygen atoms in total. The van der Waals surface area contributed by atoms with E-state index in [1.165, 1.54) is 0 Å². The van der Waals surface area contributed by atoms with E-state index in [2.05, 4.69) is 22.3 Å². The van der Waals surface area contributed by atoms with Crippen LogP contribution < -0.4 is 11.1 Å². The minimum absolute atomic E-state index is 0.270. The standard InChI is InChI=1S/C11H17N5/c1-2-9(12)3-6-13-10-5-8-16-11(15-10)4-7-14-16/h4-5,7-9H,2-3,6,12H2,1H3,(H,13,15). The van der Waals surface area contributed by atoms with Crippen LogP contribution in [0.2, 0.25) is 0 Å². The summed E-state index contributed by atoms with van der Waals surface area (Å²) in [5.74, 6) is 0.872. The topological polar surface area (TPSA) is 68.2 Å². The lowest BCUT2D eigenvalue weighted by Crippen LogP contribution is -2.22. The van der Waals surface area contributed by atoms with Crippen LogP contribution in [0.25, 0.3) is 5.65 Å². The molecule has 0 aliphatic carbocycles. The van der Waals surface area contributed by atoms with E-state index in [4.69, 9.17) is 5.73 Å². The van der Waals surface area contributed by atoms with Crippen molar-refractivity contribution in [2.75, 3.05) is 11.9 Å². The summed E-state index contributed by atoms with van der Waals surface area (Å²) in [6.07, 6.45) is 5.60. The quantitative estimate of drug-likeness (QED) is 0.794. The first-order valence-electron chi connectivity index (χ1n) is 5.59. The molecule has 0 spiro atoms. The van der Waals surface area contributed by atoms with E-state index in [-0.39, 0.29) is 6.04 Å². The van der Waals surface area contributed by atoms with Crippen molar-refractivity contribution >= 4 is 11.5 Å². The van der Waals surface area contributed by atoms with Gasteiger partial charge in [-0.2, -0.15) is 5.10 Å². The summed E-state index contributed by atoms with van der Waals surface area (Å²) in [6, 6.07) is 4.06. The van der Waals surface area contributed by atoms with Gasteiger partial charge in [0.1, 0.15) is 5.82 Å². The zero-order valence-electron chi connectivity index (χ0n) is 9.43. The predicted molar refractivity (Wildman–Crippen MR) is 64.4 cm³/mol. The van der Waals surface area contributed by atoms with Crippen molar-refractivity contribution in [1.29, 1.82) is 0 Å². The number of fused-ring (bicyclic) bond motifs is 1. The average Bonchev–Trinajstić information content (AvgIpc) is 2.76. The van der Waals surface area contributed by atoms with E-state index in [0.29, 0.717) is 0 Å². The van der Waals surface area contributed by atoms with E-state index >= 15 is 0 Å². The number of aromatic nitrogens is 3. The van der Waals surface area contributed by atoms with Gasteiger partial charge in [-0.25, -0.2) is 9.50 Å². The van der Waals surface area contributed by atoms with Gasteiger partial charge in [-0.15, -0.1) is 0 Å². The first-order valence-corrected chi connectivity index (χ1v) is 5.59. The number of anilines is 1. The molecule has 0 bridgehead atoms. The Balaban J connectivity index is 1.93. The third kappa shape index (κ3) is 2.49. The van der Waals surface area contributed by atoms with Gasteiger partial charge in [0.25, 0.3) is 0 Å². The lowest BCUT2D eigenvalue weighted by atomic mass is 10.2. The van der Waals surface area contributed by atoms with Crippen LogP contribution in [-0.2, 0) is 0 Å². The molecule has 0 aliphatic heterocycles. The fourth-order valence-corrected chi connectivity index (χ4v) is 1.50. The summed E-state index contributed by atoms with van der Waals surface area (Å²) < 4.78 is 1.74. The second-order valence-electron chi connectivity index (χ2n) is 3.83. The van der Waals surface area contributed by atoms with Crippen LogP contribution in [0.15, 0.2) is 24.5 Å². The highest BCUT2D eigenvalue weighted by atomic mass is 15.2. The SMILES string of the molecule is CCC(N)CCNc1ccn2nccc2n1. The van der Waals surface area contributed by atoms with Crippen molar-refractivity contribution in [3.05, 3.63) is 24.5 Å². The Labute approximate surface area is 94.7 Å². The highest BCUT2D eigenvalue weighted by molar-refractivity contribution is 5.45. The maximum atomic E-state index is 5.84. The monoisotopic (exact) mass is 219 g/mol. The number of rotatable bonds is 5. The Hall–Kier alpha value is -1.62. The van der Waals surface area contributed by atoms with E-state index in [0.717, 1.165) is 30.9 Å². The molecule has 0 aliphatic rings. The zero-order valence-corrected chi connectivity index (χ0v) is 9.43. The van der Waals surface area contributed by atoms with Gasteiger partial charge in [-0.1, -0.05) is 6.92 Å². The van der Waals surface area contributed by atoms with Crippen molar-refractivity contribution < 1.29 is 0 Å². The van der Waals surface area contributed by atoms with Crippen LogP contribution in [-0.4, -0.2) is 27.2 Å². The first kappa shape index (κ1) is 10.9. The predicted octanol–water partition coefficient (Wildman–Crippen LogP) is 1.27. The molecule has 86 valence electrons. The third-order valence-electron chi connectivity index (χ3n) is 2.60. The molecule has 2 rings (SSSR count). The van der Waals surface area contributed by atoms with E-state index in [1.807, 2.05) is 18.3 Å². The second-order valence-corrected chi connectivity index (χ2v) is 3.83. The number of hydrogen-bond donors (Lipinski definition) is 2. The summed E-state index contributed by atoms with van der Waals surface area (Å²) in [6.45, 7) is 2.95. The van der Waals surface area contributed by atoms with Crippen LogP contribution in [0.1, 0.15) is 19.8 Å². The van der Waals surface area contributed by atoms with Crippen molar-refractivity contribution in [3.8, 4) is 0 Å². The Bertz CT molecular complexity index is 450. The van der Waals surface area contributed by atoms with Gasteiger partial charge in [0.2, 0.25) is 0 Å². The van der Waals surface area contributed by atoms with E-state index in [9.17, 15) is 0 Å². The normalized spacial score (nSPS) is 12.9. The Kier molecular flexibility index (Phi) is 3.36. The molecule has 3 N–H and O–H groups in total. The highest BCUT2D eigenvalue weighted by Crippen LogP contribution is 2.06. The molecule has 2 heterocycles. The Morgan fingerprint density at radius 2 is 2.38 bits per heavy atom. The van der Waals surface area contributed by atoms with Gasteiger partial charge >= 0.3 is 0 Å². The average molecular weight is 219 g/mol. The zero-order chi connectivity index (χ0) is 11.4. The van der Waals surface area contributed by atoms with Gasteiger partial charge in [0.05, 0.1) is 6.20 Å². The van der Waals surface area contributed by atoms with E-state index < -0.39 is 0 Å². The molecule has 0 fully saturated rings. The van der Waals surface area contributed by atoms with Crippen molar-refractivity contribution in [3.63, 3.8) is 0 Å². The Morgan fingerprint density at radius 3 is 3.19 bits per heavy atom. The minimum Gasteiger partial charge on any atom is -0.370 e. The van der Waals surface area contributed by atoms with Gasteiger partial charge in [-0.05, 0) is 18.9 Å². The summed E-state index contributed by atoms with van der Waals surface area (Å²) in [5, 5.41) is 7.35. The molecule has 0 saturated heterocycles. The minimum atomic E-state index is 0.270. The molecule has 5 heteroatoms. The molecule has 0 saturated carbocycles.